The summed E-state index contributed by atoms with van der Waals surface area (Å²) in [6, 6.07) is 9.51. The largest absolute Gasteiger partial charge is 0.593 e. The number of aromatic hydroxyl groups is 1. The number of phenolic OH excluding ortho intramolecular Hbond substituents is 1. The van der Waals surface area contributed by atoms with E-state index < -0.39 is 5.54 Å². The van der Waals surface area contributed by atoms with Crippen LogP contribution in [0.15, 0.2) is 42.6 Å². The van der Waals surface area contributed by atoms with Crippen LogP contribution >= 0.6 is 0 Å². The first kappa shape index (κ1) is 15.1. The molecule has 1 aliphatic heterocycles. The number of hydrogen-bond acceptors (Lipinski definition) is 3. The van der Waals surface area contributed by atoms with Crippen molar-refractivity contribution in [3.05, 3.63) is 65.1 Å². The highest BCUT2D eigenvalue weighted by molar-refractivity contribution is 6.10. The number of pyridine rings is 1. The minimum atomic E-state index is -0.542. The molecule has 0 unspecified atom stereocenters. The predicted octanol–water partition coefficient (Wildman–Crippen LogP) is 3.16. The smallest absolute Gasteiger partial charge is 0.270 e. The third-order valence-corrected chi connectivity index (χ3v) is 5.46. The lowest BCUT2D eigenvalue weighted by Gasteiger charge is -2.24. The topological polar surface area (TPSA) is 76.3 Å². The summed E-state index contributed by atoms with van der Waals surface area (Å²) >= 11 is 0. The van der Waals surface area contributed by atoms with Crippen LogP contribution in [-0.4, -0.2) is 26.0 Å². The normalized spacial score (nSPS) is 17.1. The summed E-state index contributed by atoms with van der Waals surface area (Å²) in [5.41, 5.74) is 1.35. The number of amides is 1. The van der Waals surface area contributed by atoms with Gasteiger partial charge in [-0.25, -0.2) is 4.39 Å². The molecule has 130 valence electrons. The Labute approximate surface area is 148 Å². The molecule has 5 rings (SSSR count). The molecule has 0 saturated heterocycles. The van der Waals surface area contributed by atoms with Crippen LogP contribution in [0.3, 0.4) is 0 Å². The summed E-state index contributed by atoms with van der Waals surface area (Å²) in [6.07, 6.45) is 3.05. The molecule has 3 aromatic rings. The van der Waals surface area contributed by atoms with Gasteiger partial charge in [-0.05, 0) is 42.7 Å². The second-order valence-corrected chi connectivity index (χ2v) is 6.92. The number of carbonyl (C=O) groups excluding carboxylic acids is 1. The van der Waals surface area contributed by atoms with E-state index in [1.165, 1.54) is 18.3 Å². The summed E-state index contributed by atoms with van der Waals surface area (Å²) in [4.78, 5) is 19.0. The summed E-state index contributed by atoms with van der Waals surface area (Å²) in [7, 11) is 0. The highest BCUT2D eigenvalue weighted by Gasteiger charge is 2.62. The van der Waals surface area contributed by atoms with E-state index in [2.05, 4.69) is 4.98 Å². The van der Waals surface area contributed by atoms with E-state index in [4.69, 9.17) is 5.11 Å². The molecule has 1 saturated carbocycles. The minimum Gasteiger partial charge on any atom is -0.593 e. The SMILES string of the molecule is O=C1c2c(c([OH2+])c3cccnc3c2O)C2(CC2)N1Cc1ccc(F)cc1. The zero-order valence-electron chi connectivity index (χ0n) is 13.8. The van der Waals surface area contributed by atoms with Crippen molar-refractivity contribution in [1.29, 1.82) is 0 Å². The molecule has 26 heavy (non-hydrogen) atoms. The van der Waals surface area contributed by atoms with Crippen LogP contribution in [0, 0.1) is 5.82 Å². The van der Waals surface area contributed by atoms with E-state index >= 15 is 0 Å². The summed E-state index contributed by atoms with van der Waals surface area (Å²) in [5, 5.41) is 19.9. The number of halogens is 1. The third kappa shape index (κ3) is 1.84. The van der Waals surface area contributed by atoms with E-state index in [0.29, 0.717) is 17.5 Å². The van der Waals surface area contributed by atoms with Gasteiger partial charge in [0.15, 0.2) is 5.75 Å². The van der Waals surface area contributed by atoms with Gasteiger partial charge in [0.2, 0.25) is 0 Å². The van der Waals surface area contributed by atoms with E-state index in [9.17, 15) is 14.3 Å². The van der Waals surface area contributed by atoms with Gasteiger partial charge in [0.05, 0.1) is 22.1 Å². The average molecular weight is 351 g/mol. The van der Waals surface area contributed by atoms with Crippen molar-refractivity contribution >= 4 is 16.8 Å². The predicted molar refractivity (Wildman–Crippen MR) is 93.7 cm³/mol. The molecule has 2 aliphatic rings. The molecule has 1 spiro atoms. The van der Waals surface area contributed by atoms with Crippen molar-refractivity contribution in [3.8, 4) is 11.5 Å². The van der Waals surface area contributed by atoms with Crippen LogP contribution in [0.1, 0.15) is 34.3 Å². The fourth-order valence-electron chi connectivity index (χ4n) is 4.06. The molecule has 0 bridgehead atoms. The Morgan fingerprint density at radius 2 is 1.96 bits per heavy atom. The lowest BCUT2D eigenvalue weighted by molar-refractivity contribution is 0.0681. The first-order valence-corrected chi connectivity index (χ1v) is 8.45. The van der Waals surface area contributed by atoms with E-state index in [0.717, 1.165) is 18.4 Å². The number of fused-ring (bicyclic) bond motifs is 3. The van der Waals surface area contributed by atoms with Gasteiger partial charge >= 0.3 is 0 Å². The number of aromatic nitrogens is 1. The van der Waals surface area contributed by atoms with Crippen LogP contribution in [-0.2, 0) is 12.1 Å². The number of carbonyl (C=O) groups is 1. The molecular formula is C20H16FN2O3+. The monoisotopic (exact) mass is 351 g/mol. The van der Waals surface area contributed by atoms with Crippen LogP contribution in [0.4, 0.5) is 4.39 Å². The van der Waals surface area contributed by atoms with Gasteiger partial charge in [-0.1, -0.05) is 12.1 Å². The quantitative estimate of drug-likeness (QED) is 0.721. The van der Waals surface area contributed by atoms with Crippen molar-refractivity contribution in [2.24, 2.45) is 0 Å². The van der Waals surface area contributed by atoms with Crippen molar-refractivity contribution in [2.45, 2.75) is 24.9 Å². The Bertz CT molecular complexity index is 1070. The van der Waals surface area contributed by atoms with Gasteiger partial charge in [-0.3, -0.25) is 9.78 Å². The Morgan fingerprint density at radius 1 is 1.23 bits per heavy atom. The number of benzene rings is 2. The van der Waals surface area contributed by atoms with Crippen molar-refractivity contribution < 1.29 is 19.4 Å². The van der Waals surface area contributed by atoms with Crippen LogP contribution in [0.5, 0.6) is 11.5 Å². The van der Waals surface area contributed by atoms with Crippen molar-refractivity contribution in [1.82, 2.24) is 9.88 Å². The molecule has 2 heterocycles. The molecule has 1 aliphatic carbocycles. The van der Waals surface area contributed by atoms with Gasteiger partial charge in [0.25, 0.3) is 11.7 Å². The van der Waals surface area contributed by atoms with Crippen molar-refractivity contribution in [2.75, 3.05) is 0 Å². The second kappa shape index (κ2) is 4.94. The Hall–Kier alpha value is -3.15. The lowest BCUT2D eigenvalue weighted by Crippen LogP contribution is -2.32. The Kier molecular flexibility index (Phi) is 2.88. The van der Waals surface area contributed by atoms with E-state index in [1.807, 2.05) is 0 Å². The first-order chi connectivity index (χ1) is 12.5. The lowest BCUT2D eigenvalue weighted by atomic mass is 9.97. The Balaban J connectivity index is 1.68. The molecular weight excluding hydrogens is 335 g/mol. The van der Waals surface area contributed by atoms with Gasteiger partial charge in [0.1, 0.15) is 11.3 Å². The zero-order chi connectivity index (χ0) is 18.1. The first-order valence-electron chi connectivity index (χ1n) is 8.45. The zero-order valence-corrected chi connectivity index (χ0v) is 13.8. The molecule has 3 N–H and O–H groups in total. The summed E-state index contributed by atoms with van der Waals surface area (Å²) in [6.45, 7) is 0.316. The molecule has 2 aromatic carbocycles. The van der Waals surface area contributed by atoms with E-state index in [1.54, 1.807) is 29.2 Å². The maximum absolute atomic E-state index is 13.2. The number of rotatable bonds is 2. The highest BCUT2D eigenvalue weighted by atomic mass is 19.1. The number of nitrogens with zero attached hydrogens (tertiary/aromatic N) is 2. The number of hydrogen-bond donors (Lipinski definition) is 1. The van der Waals surface area contributed by atoms with Gasteiger partial charge in [-0.15, -0.1) is 0 Å². The maximum atomic E-state index is 13.2. The minimum absolute atomic E-state index is 0.149. The van der Waals surface area contributed by atoms with Crippen LogP contribution < -0.4 is 0 Å². The summed E-state index contributed by atoms with van der Waals surface area (Å²) in [5.74, 6) is -0.507. The standard InChI is InChI=1S/C20H15FN2O3/c21-12-5-3-11(4-6-12)10-23-19(26)14-15(20(23)7-8-20)17(24)13-2-1-9-22-16(13)18(14)25/h1-6,9,24-25H,7-8,10H2/p+1. The molecule has 0 radical (unpaired) electrons. The number of phenols is 1. The second-order valence-electron chi connectivity index (χ2n) is 6.92. The molecule has 1 fully saturated rings. The average Bonchev–Trinajstić information content (AvgIpc) is 3.40. The molecule has 5 nitrogen and oxygen atoms in total. The molecule has 1 aromatic heterocycles. The summed E-state index contributed by atoms with van der Waals surface area (Å²) < 4.78 is 13.2. The maximum Gasteiger partial charge on any atom is 0.270 e. The highest BCUT2D eigenvalue weighted by Crippen LogP contribution is 2.62. The van der Waals surface area contributed by atoms with Gasteiger partial charge < -0.3 is 15.1 Å². The molecule has 6 heteroatoms. The van der Waals surface area contributed by atoms with E-state index in [-0.39, 0.29) is 34.3 Å². The molecule has 0 atom stereocenters. The van der Waals surface area contributed by atoms with Crippen LogP contribution in [0.25, 0.3) is 10.9 Å². The third-order valence-electron chi connectivity index (χ3n) is 5.46. The molecule has 1 amide bonds. The Morgan fingerprint density at radius 3 is 2.65 bits per heavy atom. The van der Waals surface area contributed by atoms with Gasteiger partial charge in [-0.2, -0.15) is 0 Å². The fraction of sp³-hybridized carbons (Fsp3) is 0.200. The van der Waals surface area contributed by atoms with Gasteiger partial charge in [0, 0.05) is 12.7 Å². The van der Waals surface area contributed by atoms with Crippen molar-refractivity contribution in [3.63, 3.8) is 0 Å². The fourth-order valence-corrected chi connectivity index (χ4v) is 4.06. The van der Waals surface area contributed by atoms with Crippen LogP contribution in [0.2, 0.25) is 0 Å².